The number of amides is 1. The second kappa shape index (κ2) is 7.47. The minimum absolute atomic E-state index is 0.274. The highest BCUT2D eigenvalue weighted by atomic mass is 35.5. The van der Waals surface area contributed by atoms with Crippen molar-refractivity contribution in [3.8, 4) is 0 Å². The quantitative estimate of drug-likeness (QED) is 0.666. The molecule has 1 heterocycles. The molecule has 0 aliphatic carbocycles. The van der Waals surface area contributed by atoms with E-state index in [1.54, 1.807) is 60.9 Å². The van der Waals surface area contributed by atoms with Crippen LogP contribution in [-0.2, 0) is 0 Å². The topological polar surface area (TPSA) is 59.1 Å². The minimum Gasteiger partial charge on any atom is -0.322 e. The molecule has 2 aromatic carbocycles. The first-order chi connectivity index (χ1) is 12.1. The summed E-state index contributed by atoms with van der Waals surface area (Å²) in [7, 11) is 0. The van der Waals surface area contributed by atoms with Crippen LogP contribution < -0.4 is 5.32 Å². The van der Waals surface area contributed by atoms with Crippen LogP contribution in [0.3, 0.4) is 0 Å². The van der Waals surface area contributed by atoms with Gasteiger partial charge in [-0.3, -0.25) is 14.6 Å². The Kier molecular flexibility index (Phi) is 5.12. The normalized spacial score (nSPS) is 10.3. The maximum absolute atomic E-state index is 12.8. The maximum atomic E-state index is 12.8. The molecule has 0 saturated carbocycles. The Bertz CT molecular complexity index is 943. The number of carbonyl (C=O) groups excluding carboxylic acids is 2. The molecule has 1 N–H and O–H groups in total. The van der Waals surface area contributed by atoms with Crippen LogP contribution in [0.5, 0.6) is 0 Å². The number of rotatable bonds is 4. The summed E-state index contributed by atoms with van der Waals surface area (Å²) in [6, 6.07) is 14.6. The predicted octanol–water partition coefficient (Wildman–Crippen LogP) is 4.87. The third kappa shape index (κ3) is 3.87. The first-order valence-corrected chi connectivity index (χ1v) is 8.12. The summed E-state index contributed by atoms with van der Waals surface area (Å²) in [4.78, 5) is 29.3. The smallest absolute Gasteiger partial charge is 0.256 e. The lowest BCUT2D eigenvalue weighted by atomic mass is 9.98. The summed E-state index contributed by atoms with van der Waals surface area (Å²) in [5.74, 6) is -0.686. The number of nitrogens with zero attached hydrogens (tertiary/aromatic N) is 1. The van der Waals surface area contributed by atoms with Gasteiger partial charge in [-0.05, 0) is 36.4 Å². The fourth-order valence-corrected chi connectivity index (χ4v) is 2.60. The number of benzene rings is 2. The van der Waals surface area contributed by atoms with Crippen LogP contribution in [0.1, 0.15) is 26.3 Å². The summed E-state index contributed by atoms with van der Waals surface area (Å²) >= 11 is 11.9. The Morgan fingerprint density at radius 2 is 1.52 bits per heavy atom. The van der Waals surface area contributed by atoms with Crippen molar-refractivity contribution in [1.29, 1.82) is 0 Å². The second-order valence-electron chi connectivity index (χ2n) is 5.19. The van der Waals surface area contributed by atoms with Gasteiger partial charge in [0, 0.05) is 29.2 Å². The van der Waals surface area contributed by atoms with Crippen molar-refractivity contribution in [2.45, 2.75) is 0 Å². The van der Waals surface area contributed by atoms with E-state index in [0.717, 1.165) is 0 Å². The van der Waals surface area contributed by atoms with Crippen molar-refractivity contribution in [1.82, 2.24) is 4.98 Å². The van der Waals surface area contributed by atoms with Crippen molar-refractivity contribution in [2.24, 2.45) is 0 Å². The van der Waals surface area contributed by atoms with Gasteiger partial charge in [0.25, 0.3) is 5.91 Å². The van der Waals surface area contributed by atoms with E-state index in [-0.39, 0.29) is 27.8 Å². The highest BCUT2D eigenvalue weighted by Crippen LogP contribution is 2.25. The Morgan fingerprint density at radius 3 is 2.20 bits per heavy atom. The van der Waals surface area contributed by atoms with Gasteiger partial charge in [0.15, 0.2) is 5.78 Å². The van der Waals surface area contributed by atoms with Crippen LogP contribution in [0, 0.1) is 0 Å². The molecular formula is C19H12Cl2N2O2. The summed E-state index contributed by atoms with van der Waals surface area (Å²) in [5, 5.41) is 3.39. The van der Waals surface area contributed by atoms with Gasteiger partial charge in [-0.15, -0.1) is 0 Å². The lowest BCUT2D eigenvalue weighted by Gasteiger charge is -2.10. The van der Waals surface area contributed by atoms with Crippen LogP contribution in [0.4, 0.5) is 5.69 Å². The van der Waals surface area contributed by atoms with Crippen molar-refractivity contribution in [2.75, 3.05) is 5.32 Å². The Hall–Kier alpha value is -2.69. The summed E-state index contributed by atoms with van der Waals surface area (Å²) in [6.07, 6.45) is 3.14. The molecule has 0 aliphatic rings. The Labute approximate surface area is 154 Å². The van der Waals surface area contributed by atoms with Crippen LogP contribution in [0.2, 0.25) is 10.0 Å². The first-order valence-electron chi connectivity index (χ1n) is 7.36. The number of ketones is 1. The van der Waals surface area contributed by atoms with E-state index in [1.165, 1.54) is 6.07 Å². The van der Waals surface area contributed by atoms with Gasteiger partial charge in [-0.25, -0.2) is 0 Å². The molecule has 0 bridgehead atoms. The molecule has 0 unspecified atom stereocenters. The summed E-state index contributed by atoms with van der Waals surface area (Å²) in [6.45, 7) is 0. The number of halogens is 2. The number of hydrogen-bond acceptors (Lipinski definition) is 3. The van der Waals surface area contributed by atoms with Gasteiger partial charge in [-0.2, -0.15) is 0 Å². The number of pyridine rings is 1. The molecule has 124 valence electrons. The molecule has 3 rings (SSSR count). The third-order valence-corrected chi connectivity index (χ3v) is 4.28. The molecule has 0 aliphatic heterocycles. The molecule has 0 atom stereocenters. The van der Waals surface area contributed by atoms with Gasteiger partial charge in [0.2, 0.25) is 0 Å². The van der Waals surface area contributed by atoms with E-state index in [0.29, 0.717) is 16.3 Å². The zero-order chi connectivity index (χ0) is 17.8. The number of anilines is 1. The van der Waals surface area contributed by atoms with Gasteiger partial charge in [-0.1, -0.05) is 41.4 Å². The lowest BCUT2D eigenvalue weighted by molar-refractivity contribution is 0.0996. The summed E-state index contributed by atoms with van der Waals surface area (Å²) < 4.78 is 0. The Morgan fingerprint density at radius 1 is 0.840 bits per heavy atom. The van der Waals surface area contributed by atoms with E-state index in [1.807, 2.05) is 0 Å². The molecule has 0 saturated heterocycles. The molecular weight excluding hydrogens is 359 g/mol. The number of carbonyl (C=O) groups is 2. The van der Waals surface area contributed by atoms with Gasteiger partial charge in [0.1, 0.15) is 0 Å². The molecule has 25 heavy (non-hydrogen) atoms. The number of aromatic nitrogens is 1. The van der Waals surface area contributed by atoms with Crippen molar-refractivity contribution in [3.63, 3.8) is 0 Å². The molecule has 3 aromatic rings. The van der Waals surface area contributed by atoms with E-state index in [4.69, 9.17) is 23.2 Å². The maximum Gasteiger partial charge on any atom is 0.256 e. The zero-order valence-electron chi connectivity index (χ0n) is 12.9. The molecule has 1 amide bonds. The van der Waals surface area contributed by atoms with Crippen molar-refractivity contribution in [3.05, 3.63) is 93.7 Å². The first kappa shape index (κ1) is 17.1. The van der Waals surface area contributed by atoms with E-state index in [2.05, 4.69) is 10.3 Å². The third-order valence-electron chi connectivity index (χ3n) is 3.54. The van der Waals surface area contributed by atoms with Crippen LogP contribution >= 0.6 is 23.2 Å². The van der Waals surface area contributed by atoms with Crippen LogP contribution in [0.15, 0.2) is 67.0 Å². The van der Waals surface area contributed by atoms with Gasteiger partial charge < -0.3 is 5.32 Å². The standard InChI is InChI=1S/C19H12Cl2N2O2/c20-16-6-5-12(11-17(16)21)18(24)14-3-1-2-4-15(14)19(25)23-13-7-9-22-10-8-13/h1-11H,(H,22,23,25). The number of nitrogens with one attached hydrogen (secondary N) is 1. The van der Waals surface area contributed by atoms with Crippen LogP contribution in [-0.4, -0.2) is 16.7 Å². The fraction of sp³-hybridized carbons (Fsp3) is 0. The minimum atomic E-state index is -0.379. The molecule has 0 fully saturated rings. The van der Waals surface area contributed by atoms with E-state index >= 15 is 0 Å². The monoisotopic (exact) mass is 370 g/mol. The molecule has 6 heteroatoms. The molecule has 1 aromatic heterocycles. The molecule has 0 radical (unpaired) electrons. The SMILES string of the molecule is O=C(Nc1ccncc1)c1ccccc1C(=O)c1ccc(Cl)c(Cl)c1. The average Bonchev–Trinajstić information content (AvgIpc) is 2.64. The summed E-state index contributed by atoms with van der Waals surface area (Å²) in [5.41, 5.74) is 1.51. The highest BCUT2D eigenvalue weighted by molar-refractivity contribution is 6.42. The van der Waals surface area contributed by atoms with Crippen molar-refractivity contribution < 1.29 is 9.59 Å². The zero-order valence-corrected chi connectivity index (χ0v) is 14.4. The average molecular weight is 371 g/mol. The van der Waals surface area contributed by atoms with Gasteiger partial charge in [0.05, 0.1) is 15.6 Å². The van der Waals surface area contributed by atoms with E-state index in [9.17, 15) is 9.59 Å². The molecule has 0 spiro atoms. The van der Waals surface area contributed by atoms with Gasteiger partial charge >= 0.3 is 0 Å². The highest BCUT2D eigenvalue weighted by Gasteiger charge is 2.18. The second-order valence-corrected chi connectivity index (χ2v) is 6.01. The number of hydrogen-bond donors (Lipinski definition) is 1. The van der Waals surface area contributed by atoms with Crippen LogP contribution in [0.25, 0.3) is 0 Å². The Balaban J connectivity index is 1.93. The fourth-order valence-electron chi connectivity index (χ4n) is 2.31. The van der Waals surface area contributed by atoms with E-state index < -0.39 is 0 Å². The molecule has 4 nitrogen and oxygen atoms in total. The van der Waals surface area contributed by atoms with Crippen molar-refractivity contribution >= 4 is 40.6 Å². The largest absolute Gasteiger partial charge is 0.322 e. The lowest BCUT2D eigenvalue weighted by Crippen LogP contribution is -2.17. The predicted molar refractivity (Wildman–Crippen MR) is 98.5 cm³/mol.